The summed E-state index contributed by atoms with van der Waals surface area (Å²) in [7, 11) is 3.95. The Bertz CT molecular complexity index is 806. The van der Waals surface area contributed by atoms with E-state index >= 15 is 0 Å². The molecule has 0 atom stereocenters. The fraction of sp³-hybridized carbons (Fsp3) is 0.400. The van der Waals surface area contributed by atoms with Crippen molar-refractivity contribution in [3.63, 3.8) is 0 Å². The molecule has 0 bridgehead atoms. The number of hydrogen-bond donors (Lipinski definition) is 2. The predicted octanol–water partition coefficient (Wildman–Crippen LogP) is 3.43. The van der Waals surface area contributed by atoms with Crippen LogP contribution < -0.4 is 10.6 Å². The van der Waals surface area contributed by atoms with Crippen molar-refractivity contribution in [3.05, 3.63) is 58.4 Å². The number of nitrogens with zero attached hydrogens (tertiary/aromatic N) is 3. The first-order valence-corrected chi connectivity index (χ1v) is 9.43. The molecule has 0 saturated heterocycles. The van der Waals surface area contributed by atoms with Crippen LogP contribution in [0.15, 0.2) is 41.5 Å². The van der Waals surface area contributed by atoms with Crippen LogP contribution in [-0.4, -0.2) is 48.0 Å². The normalized spacial score (nSPS) is 11.0. The molecule has 8 heteroatoms. The Morgan fingerprint density at radius 1 is 1.29 bits per heavy atom. The van der Waals surface area contributed by atoms with Gasteiger partial charge < -0.3 is 20.1 Å². The fourth-order valence-corrected chi connectivity index (χ4v) is 3.00. The summed E-state index contributed by atoms with van der Waals surface area (Å²) in [5.74, 6) is 0.713. The number of aromatic nitrogens is 1. The van der Waals surface area contributed by atoms with Gasteiger partial charge in [0.2, 0.25) is 0 Å². The van der Waals surface area contributed by atoms with Crippen molar-refractivity contribution in [2.45, 2.75) is 20.4 Å². The molecule has 0 saturated carbocycles. The van der Waals surface area contributed by atoms with Crippen LogP contribution in [-0.2, 0) is 13.6 Å². The third kappa shape index (κ3) is 7.35. The van der Waals surface area contributed by atoms with Gasteiger partial charge in [0.25, 0.3) is 5.91 Å². The minimum Gasteiger partial charge on any atom is -0.357 e. The first-order chi connectivity index (χ1) is 12.9. The SMILES string of the molecule is CCNC(=NCCNC(=O)c1cccc(C)c1)N(C)Cc1cc(Cl)cn1C.I. The van der Waals surface area contributed by atoms with Gasteiger partial charge in [-0.25, -0.2) is 0 Å². The van der Waals surface area contributed by atoms with Crippen molar-refractivity contribution < 1.29 is 4.79 Å². The number of halogens is 2. The Hall–Kier alpha value is -1.74. The van der Waals surface area contributed by atoms with Gasteiger partial charge in [-0.05, 0) is 32.0 Å². The molecule has 2 aromatic rings. The van der Waals surface area contributed by atoms with Crippen molar-refractivity contribution in [1.29, 1.82) is 0 Å². The van der Waals surface area contributed by atoms with E-state index in [1.165, 1.54) is 0 Å². The molecule has 0 aliphatic rings. The number of carbonyl (C=O) groups excluding carboxylic acids is 1. The number of aryl methyl sites for hydroxylation is 2. The number of nitrogens with one attached hydrogen (secondary N) is 2. The van der Waals surface area contributed by atoms with Gasteiger partial charge in [-0.3, -0.25) is 9.79 Å². The van der Waals surface area contributed by atoms with Crippen LogP contribution in [0.1, 0.15) is 28.5 Å². The van der Waals surface area contributed by atoms with E-state index in [0.717, 1.165) is 28.8 Å². The van der Waals surface area contributed by atoms with Gasteiger partial charge in [0.05, 0.1) is 18.1 Å². The van der Waals surface area contributed by atoms with Crippen molar-refractivity contribution in [1.82, 2.24) is 20.1 Å². The van der Waals surface area contributed by atoms with E-state index < -0.39 is 0 Å². The van der Waals surface area contributed by atoms with Crippen LogP contribution in [0.4, 0.5) is 0 Å². The van der Waals surface area contributed by atoms with Gasteiger partial charge in [-0.1, -0.05) is 29.3 Å². The highest BCUT2D eigenvalue weighted by molar-refractivity contribution is 14.0. The summed E-state index contributed by atoms with van der Waals surface area (Å²) in [5, 5.41) is 6.91. The molecular weight excluding hydrogens is 489 g/mol. The highest BCUT2D eigenvalue weighted by atomic mass is 127. The summed E-state index contributed by atoms with van der Waals surface area (Å²) in [6.07, 6.45) is 1.88. The molecule has 0 aliphatic heterocycles. The van der Waals surface area contributed by atoms with Gasteiger partial charge in [0.15, 0.2) is 5.96 Å². The van der Waals surface area contributed by atoms with E-state index in [4.69, 9.17) is 11.6 Å². The van der Waals surface area contributed by atoms with Gasteiger partial charge in [0.1, 0.15) is 0 Å². The van der Waals surface area contributed by atoms with Crippen LogP contribution in [0.5, 0.6) is 0 Å². The summed E-state index contributed by atoms with van der Waals surface area (Å²) in [6.45, 7) is 6.43. The zero-order valence-electron chi connectivity index (χ0n) is 16.8. The summed E-state index contributed by atoms with van der Waals surface area (Å²) in [6, 6.07) is 9.50. The maximum absolute atomic E-state index is 12.2. The number of hydrogen-bond acceptors (Lipinski definition) is 2. The Labute approximate surface area is 189 Å². The van der Waals surface area contributed by atoms with Crippen LogP contribution in [0.3, 0.4) is 0 Å². The second-order valence-corrected chi connectivity index (χ2v) is 6.91. The summed E-state index contributed by atoms with van der Waals surface area (Å²) >= 11 is 6.06. The number of rotatable bonds is 7. The third-order valence-corrected chi connectivity index (χ3v) is 4.32. The molecule has 1 amide bonds. The average Bonchev–Trinajstić information content (AvgIpc) is 2.94. The Morgan fingerprint density at radius 2 is 2.04 bits per heavy atom. The molecule has 28 heavy (non-hydrogen) atoms. The summed E-state index contributed by atoms with van der Waals surface area (Å²) in [4.78, 5) is 18.8. The number of benzene rings is 1. The molecule has 1 aromatic heterocycles. The zero-order valence-corrected chi connectivity index (χ0v) is 19.9. The van der Waals surface area contributed by atoms with E-state index in [1.807, 2.05) is 73.9 Å². The molecule has 154 valence electrons. The monoisotopic (exact) mass is 517 g/mol. The minimum absolute atomic E-state index is 0. The fourth-order valence-electron chi connectivity index (χ4n) is 2.73. The van der Waals surface area contributed by atoms with E-state index in [9.17, 15) is 4.79 Å². The lowest BCUT2D eigenvalue weighted by molar-refractivity contribution is 0.0954. The molecule has 2 rings (SSSR count). The molecule has 6 nitrogen and oxygen atoms in total. The number of aliphatic imine (C=N–C) groups is 1. The zero-order chi connectivity index (χ0) is 19.8. The Morgan fingerprint density at radius 3 is 2.64 bits per heavy atom. The van der Waals surface area contributed by atoms with Gasteiger partial charge in [-0.15, -0.1) is 24.0 Å². The van der Waals surface area contributed by atoms with Crippen molar-refractivity contribution in [3.8, 4) is 0 Å². The minimum atomic E-state index is -0.0780. The molecule has 0 spiro atoms. The van der Waals surface area contributed by atoms with E-state index in [2.05, 4.69) is 15.6 Å². The van der Waals surface area contributed by atoms with E-state index in [-0.39, 0.29) is 29.9 Å². The van der Waals surface area contributed by atoms with Gasteiger partial charge >= 0.3 is 0 Å². The molecule has 1 aromatic carbocycles. The summed E-state index contributed by atoms with van der Waals surface area (Å²) in [5.41, 5.74) is 2.84. The lowest BCUT2D eigenvalue weighted by Gasteiger charge is -2.22. The van der Waals surface area contributed by atoms with Crippen molar-refractivity contribution in [2.24, 2.45) is 12.0 Å². The van der Waals surface area contributed by atoms with Crippen molar-refractivity contribution in [2.75, 3.05) is 26.7 Å². The number of amides is 1. The molecule has 0 radical (unpaired) electrons. The van der Waals surface area contributed by atoms with Crippen LogP contribution in [0.25, 0.3) is 0 Å². The second-order valence-electron chi connectivity index (χ2n) is 6.48. The Balaban J connectivity index is 0.00000392. The van der Waals surface area contributed by atoms with Crippen LogP contribution >= 0.6 is 35.6 Å². The Kier molecular flexibility index (Phi) is 10.4. The smallest absolute Gasteiger partial charge is 0.251 e. The first kappa shape index (κ1) is 24.3. The standard InChI is InChI=1S/C20H28ClN5O.HI/c1-5-22-20(26(4)14-18-12-17(21)13-25(18)3)24-10-9-23-19(27)16-8-6-7-15(2)11-16;/h6-8,11-13H,5,9-10,14H2,1-4H3,(H,22,24)(H,23,27);1H. The van der Waals surface area contributed by atoms with Crippen LogP contribution in [0.2, 0.25) is 5.02 Å². The van der Waals surface area contributed by atoms with E-state index in [0.29, 0.717) is 25.2 Å². The molecule has 0 aliphatic carbocycles. The quantitative estimate of drug-likeness (QED) is 0.256. The van der Waals surface area contributed by atoms with Gasteiger partial charge in [0, 0.05) is 44.6 Å². The second kappa shape index (κ2) is 12.0. The molecule has 0 fully saturated rings. The predicted molar refractivity (Wildman–Crippen MR) is 127 cm³/mol. The lowest BCUT2D eigenvalue weighted by atomic mass is 10.1. The lowest BCUT2D eigenvalue weighted by Crippen LogP contribution is -2.39. The number of guanidine groups is 1. The topological polar surface area (TPSA) is 61.7 Å². The molecule has 2 N–H and O–H groups in total. The largest absolute Gasteiger partial charge is 0.357 e. The summed E-state index contributed by atoms with van der Waals surface area (Å²) < 4.78 is 2.00. The maximum Gasteiger partial charge on any atom is 0.251 e. The highest BCUT2D eigenvalue weighted by Gasteiger charge is 2.10. The number of carbonyl (C=O) groups is 1. The maximum atomic E-state index is 12.2. The van der Waals surface area contributed by atoms with Crippen molar-refractivity contribution >= 4 is 47.4 Å². The third-order valence-electron chi connectivity index (χ3n) is 4.11. The van der Waals surface area contributed by atoms with E-state index in [1.54, 1.807) is 0 Å². The van der Waals surface area contributed by atoms with Gasteiger partial charge in [-0.2, -0.15) is 0 Å². The molecule has 0 unspecified atom stereocenters. The average molecular weight is 518 g/mol. The van der Waals surface area contributed by atoms with Crippen LogP contribution in [0, 0.1) is 6.92 Å². The highest BCUT2D eigenvalue weighted by Crippen LogP contribution is 2.14. The first-order valence-electron chi connectivity index (χ1n) is 9.05. The molecule has 1 heterocycles. The molecular formula is C20H29ClIN5O.